The van der Waals surface area contributed by atoms with Crippen molar-refractivity contribution in [2.75, 3.05) is 12.0 Å². The van der Waals surface area contributed by atoms with E-state index in [2.05, 4.69) is 52.1 Å². The molecule has 2 heterocycles. The van der Waals surface area contributed by atoms with Gasteiger partial charge in [-0.2, -0.15) is 0 Å². The number of thioether (sulfide) groups is 1. The first-order valence-corrected chi connectivity index (χ1v) is 10.3. The molecular formula is C21H23N5OS. The van der Waals surface area contributed by atoms with Crippen molar-refractivity contribution in [2.24, 2.45) is 0 Å². The predicted octanol–water partition coefficient (Wildman–Crippen LogP) is 3.54. The number of carbonyl (C=O) groups excluding carboxylic acids is 1. The number of fused-ring (bicyclic) bond motifs is 1. The molecule has 0 spiro atoms. The minimum Gasteiger partial charge on any atom is -0.355 e. The van der Waals surface area contributed by atoms with Crippen LogP contribution in [0.4, 0.5) is 0 Å². The van der Waals surface area contributed by atoms with Crippen LogP contribution in [0.2, 0.25) is 0 Å². The van der Waals surface area contributed by atoms with Gasteiger partial charge < -0.3 is 10.7 Å². The van der Waals surface area contributed by atoms with E-state index < -0.39 is 0 Å². The third-order valence-electron chi connectivity index (χ3n) is 4.71. The second kappa shape index (κ2) is 8.06. The fraction of sp³-hybridized carbons (Fsp3) is 0.286. The molecule has 1 amide bonds. The van der Waals surface area contributed by atoms with Gasteiger partial charge in [0.05, 0.1) is 6.04 Å². The van der Waals surface area contributed by atoms with Gasteiger partial charge >= 0.3 is 0 Å². The molecule has 7 heteroatoms. The van der Waals surface area contributed by atoms with Crippen LogP contribution in [0.1, 0.15) is 30.5 Å². The zero-order valence-electron chi connectivity index (χ0n) is 15.9. The van der Waals surface area contributed by atoms with Crippen LogP contribution in [0.15, 0.2) is 59.8 Å². The summed E-state index contributed by atoms with van der Waals surface area (Å²) in [5.74, 6) is 0.757. The lowest BCUT2D eigenvalue weighted by Gasteiger charge is -2.33. The number of hydrogen-bond donors (Lipinski definition) is 2. The molecule has 1 aliphatic heterocycles. The molecule has 3 aromatic rings. The lowest BCUT2D eigenvalue weighted by Crippen LogP contribution is -2.44. The second-order valence-corrected chi connectivity index (χ2v) is 7.96. The van der Waals surface area contributed by atoms with Crippen molar-refractivity contribution in [3.05, 3.63) is 65.7 Å². The first kappa shape index (κ1) is 18.6. The third-order valence-corrected chi connectivity index (χ3v) is 5.93. The SMILES string of the molecule is CCCNC(=O)[C@H]1Sc2nnc(-c3ccccc3)n2N[C@H]1c1ccc(C)cc1. The van der Waals surface area contributed by atoms with Gasteiger partial charge in [0.1, 0.15) is 5.25 Å². The molecule has 6 nitrogen and oxygen atoms in total. The molecule has 0 saturated carbocycles. The molecule has 2 aromatic carbocycles. The Hall–Kier alpha value is -2.80. The Bertz CT molecular complexity index is 955. The van der Waals surface area contributed by atoms with Gasteiger partial charge in [-0.05, 0) is 18.9 Å². The highest BCUT2D eigenvalue weighted by molar-refractivity contribution is 8.00. The van der Waals surface area contributed by atoms with E-state index in [0.717, 1.165) is 23.4 Å². The van der Waals surface area contributed by atoms with Gasteiger partial charge in [-0.3, -0.25) is 4.79 Å². The summed E-state index contributed by atoms with van der Waals surface area (Å²) < 4.78 is 1.90. The van der Waals surface area contributed by atoms with E-state index in [-0.39, 0.29) is 17.2 Å². The van der Waals surface area contributed by atoms with E-state index in [1.807, 2.05) is 41.9 Å². The Kier molecular flexibility index (Phi) is 5.34. The Morgan fingerprint density at radius 3 is 2.61 bits per heavy atom. The van der Waals surface area contributed by atoms with E-state index in [1.165, 1.54) is 17.3 Å². The molecule has 2 N–H and O–H groups in total. The van der Waals surface area contributed by atoms with Crippen molar-refractivity contribution in [1.29, 1.82) is 0 Å². The summed E-state index contributed by atoms with van der Waals surface area (Å²) in [5, 5.41) is 12.1. The average molecular weight is 394 g/mol. The number of rotatable bonds is 5. The summed E-state index contributed by atoms with van der Waals surface area (Å²) in [6.45, 7) is 4.77. The molecule has 0 aliphatic carbocycles. The number of nitrogens with one attached hydrogen (secondary N) is 2. The number of benzene rings is 2. The summed E-state index contributed by atoms with van der Waals surface area (Å²) in [5.41, 5.74) is 6.73. The van der Waals surface area contributed by atoms with Crippen LogP contribution in [0.5, 0.6) is 0 Å². The Morgan fingerprint density at radius 1 is 1.14 bits per heavy atom. The first-order valence-electron chi connectivity index (χ1n) is 9.45. The van der Waals surface area contributed by atoms with E-state index in [0.29, 0.717) is 11.7 Å². The minimum absolute atomic E-state index is 0.0143. The van der Waals surface area contributed by atoms with Gasteiger partial charge in [0.15, 0.2) is 5.82 Å². The summed E-state index contributed by atoms with van der Waals surface area (Å²) >= 11 is 1.45. The number of aryl methyl sites for hydroxylation is 1. The Balaban J connectivity index is 1.72. The smallest absolute Gasteiger partial charge is 0.236 e. The Morgan fingerprint density at radius 2 is 1.89 bits per heavy atom. The topological polar surface area (TPSA) is 71.8 Å². The molecule has 0 radical (unpaired) electrons. The Labute approximate surface area is 168 Å². The lowest BCUT2D eigenvalue weighted by atomic mass is 10.0. The van der Waals surface area contributed by atoms with Crippen molar-refractivity contribution < 1.29 is 4.79 Å². The quantitative estimate of drug-likeness (QED) is 0.694. The van der Waals surface area contributed by atoms with E-state index in [9.17, 15) is 4.79 Å². The van der Waals surface area contributed by atoms with Gasteiger partial charge in [-0.1, -0.05) is 78.8 Å². The standard InChI is InChI=1S/C21H23N5OS/c1-3-13-22-20(27)18-17(15-11-9-14(2)10-12-15)25-26-19(23-24-21(26)28-18)16-7-5-4-6-8-16/h4-12,17-18,25H,3,13H2,1-2H3,(H,22,27)/t17-,18-/m0/s1. The van der Waals surface area contributed by atoms with Gasteiger partial charge in [0, 0.05) is 12.1 Å². The highest BCUT2D eigenvalue weighted by Crippen LogP contribution is 2.38. The van der Waals surface area contributed by atoms with E-state index in [1.54, 1.807) is 0 Å². The fourth-order valence-electron chi connectivity index (χ4n) is 3.20. The number of nitrogens with zero attached hydrogens (tertiary/aromatic N) is 3. The van der Waals surface area contributed by atoms with Crippen LogP contribution in [-0.2, 0) is 4.79 Å². The molecule has 4 rings (SSSR count). The van der Waals surface area contributed by atoms with Crippen molar-refractivity contribution >= 4 is 17.7 Å². The second-order valence-electron chi connectivity index (χ2n) is 6.85. The predicted molar refractivity (Wildman–Crippen MR) is 112 cm³/mol. The highest BCUT2D eigenvalue weighted by Gasteiger charge is 2.37. The molecule has 144 valence electrons. The van der Waals surface area contributed by atoms with Crippen LogP contribution >= 0.6 is 11.8 Å². The van der Waals surface area contributed by atoms with Crippen molar-refractivity contribution in [1.82, 2.24) is 20.2 Å². The molecule has 28 heavy (non-hydrogen) atoms. The summed E-state index contributed by atoms with van der Waals surface area (Å²) in [7, 11) is 0. The molecule has 0 fully saturated rings. The van der Waals surface area contributed by atoms with Crippen LogP contribution in [0, 0.1) is 6.92 Å². The highest BCUT2D eigenvalue weighted by atomic mass is 32.2. The number of hydrogen-bond acceptors (Lipinski definition) is 5. The van der Waals surface area contributed by atoms with Crippen LogP contribution in [0.3, 0.4) is 0 Å². The minimum atomic E-state index is -0.324. The molecule has 2 atom stereocenters. The molecule has 0 bridgehead atoms. The molecule has 1 aromatic heterocycles. The molecule has 1 aliphatic rings. The molecular weight excluding hydrogens is 370 g/mol. The average Bonchev–Trinajstić information content (AvgIpc) is 3.15. The third kappa shape index (κ3) is 3.62. The van der Waals surface area contributed by atoms with Crippen LogP contribution in [-0.4, -0.2) is 32.6 Å². The zero-order valence-corrected chi connectivity index (χ0v) is 16.7. The largest absolute Gasteiger partial charge is 0.355 e. The van der Waals surface area contributed by atoms with Gasteiger partial charge in [-0.25, -0.2) is 4.68 Å². The van der Waals surface area contributed by atoms with Gasteiger partial charge in [0.2, 0.25) is 11.1 Å². The summed E-state index contributed by atoms with van der Waals surface area (Å²) in [6.07, 6.45) is 0.903. The van der Waals surface area contributed by atoms with Crippen LogP contribution < -0.4 is 10.7 Å². The van der Waals surface area contributed by atoms with Crippen LogP contribution in [0.25, 0.3) is 11.4 Å². The lowest BCUT2D eigenvalue weighted by molar-refractivity contribution is -0.120. The fourth-order valence-corrected chi connectivity index (χ4v) is 4.31. The van der Waals surface area contributed by atoms with E-state index >= 15 is 0 Å². The van der Waals surface area contributed by atoms with Crippen molar-refractivity contribution in [3.63, 3.8) is 0 Å². The van der Waals surface area contributed by atoms with Gasteiger partial charge in [0.25, 0.3) is 0 Å². The normalized spacial score (nSPS) is 18.2. The van der Waals surface area contributed by atoms with Crippen molar-refractivity contribution in [2.45, 2.75) is 36.7 Å². The molecule has 0 unspecified atom stereocenters. The zero-order chi connectivity index (χ0) is 19.5. The molecule has 0 saturated heterocycles. The maximum atomic E-state index is 12.9. The summed E-state index contributed by atoms with van der Waals surface area (Å²) in [4.78, 5) is 12.9. The van der Waals surface area contributed by atoms with E-state index in [4.69, 9.17) is 0 Å². The maximum absolute atomic E-state index is 12.9. The monoisotopic (exact) mass is 393 g/mol. The maximum Gasteiger partial charge on any atom is 0.236 e. The van der Waals surface area contributed by atoms with Gasteiger partial charge in [-0.15, -0.1) is 10.2 Å². The number of amides is 1. The number of aromatic nitrogens is 3. The number of carbonyl (C=O) groups is 1. The van der Waals surface area contributed by atoms with Crippen molar-refractivity contribution in [3.8, 4) is 11.4 Å². The first-order chi connectivity index (χ1) is 13.7. The summed E-state index contributed by atoms with van der Waals surface area (Å²) in [6, 6.07) is 18.0.